The lowest BCUT2D eigenvalue weighted by molar-refractivity contribution is -0.120. The number of carbonyl (C=O) groups is 2. The fourth-order valence-electron chi connectivity index (χ4n) is 7.08. The van der Waals surface area contributed by atoms with Gasteiger partial charge in [0.05, 0.1) is 44.1 Å². The van der Waals surface area contributed by atoms with E-state index in [0.29, 0.717) is 53.3 Å². The zero-order valence-corrected chi connectivity index (χ0v) is 31.1. The van der Waals surface area contributed by atoms with Crippen molar-refractivity contribution in [3.05, 3.63) is 106 Å². The van der Waals surface area contributed by atoms with Gasteiger partial charge in [-0.3, -0.25) is 14.4 Å². The molecule has 0 fully saturated rings. The molecule has 11 nitrogen and oxygen atoms in total. The molecule has 5 aromatic rings. The van der Waals surface area contributed by atoms with Crippen LogP contribution < -0.4 is 35.6 Å². The molecular formula is C42H47N5O6. The van der Waals surface area contributed by atoms with Crippen LogP contribution in [0.1, 0.15) is 62.2 Å². The fraction of sp³-hybridized carbons (Fsp3) is 0.333. The SMILES string of the molecule is CC[C@@H](C)[C@H](Nc1ccc2c(cc1=O)[C@@H](NC(C)=O)CCc1cc(OC)c(OC)c(OC)c1-2)C(=O)Nc1ccc2nc(CCc3ccccc3)[nH]c2c1. The van der Waals surface area contributed by atoms with Crippen LogP contribution in [0.25, 0.3) is 22.2 Å². The molecule has 1 aliphatic carbocycles. The van der Waals surface area contributed by atoms with Crippen LogP contribution in [-0.4, -0.2) is 49.2 Å². The summed E-state index contributed by atoms with van der Waals surface area (Å²) >= 11 is 0. The molecule has 53 heavy (non-hydrogen) atoms. The van der Waals surface area contributed by atoms with Gasteiger partial charge in [-0.2, -0.15) is 0 Å². The lowest BCUT2D eigenvalue weighted by Crippen LogP contribution is -2.40. The standard InChI is InChI=1S/C42H47N5O6/c1-7-24(2)39(42(50)44-28-15-18-32-34(22-28)46-37(45-32)20-13-26-11-9-8-10-12-26)47-33-19-16-29-30(23-35(33)49)31(43-25(3)48)17-14-27-21-36(51-4)40(52-5)41(53-6)38(27)29/h8-12,15-16,18-19,21-24,31,39H,7,13-14,17,20H2,1-6H3,(H,43,48)(H,44,50)(H,45,46)(H,47,49)/t24-,31+,39+/m1/s1. The molecule has 2 amide bonds. The summed E-state index contributed by atoms with van der Waals surface area (Å²) in [5.74, 6) is 1.69. The summed E-state index contributed by atoms with van der Waals surface area (Å²) < 4.78 is 17.3. The Morgan fingerprint density at radius 1 is 0.943 bits per heavy atom. The minimum atomic E-state index is -0.730. The summed E-state index contributed by atoms with van der Waals surface area (Å²) in [6, 6.07) is 21.7. The van der Waals surface area contributed by atoms with E-state index >= 15 is 0 Å². The number of hydrogen-bond acceptors (Lipinski definition) is 8. The Hall–Kier alpha value is -5.84. The molecule has 1 heterocycles. The van der Waals surface area contributed by atoms with Gasteiger partial charge in [0.2, 0.25) is 23.0 Å². The Balaban J connectivity index is 1.32. The smallest absolute Gasteiger partial charge is 0.247 e. The molecule has 3 atom stereocenters. The normalized spacial score (nSPS) is 14.6. The van der Waals surface area contributed by atoms with Crippen molar-refractivity contribution in [3.8, 4) is 28.4 Å². The van der Waals surface area contributed by atoms with Crippen LogP contribution in [0.3, 0.4) is 0 Å². The number of benzene rings is 3. The van der Waals surface area contributed by atoms with Crippen LogP contribution >= 0.6 is 0 Å². The van der Waals surface area contributed by atoms with Gasteiger partial charge in [-0.15, -0.1) is 0 Å². The number of hydrogen-bond donors (Lipinski definition) is 4. The monoisotopic (exact) mass is 717 g/mol. The first kappa shape index (κ1) is 36.9. The second kappa shape index (κ2) is 16.2. The van der Waals surface area contributed by atoms with Crippen LogP contribution in [0.5, 0.6) is 17.2 Å². The van der Waals surface area contributed by atoms with Crippen LogP contribution in [-0.2, 0) is 28.9 Å². The highest BCUT2D eigenvalue weighted by Crippen LogP contribution is 2.50. The first-order valence-corrected chi connectivity index (χ1v) is 18.0. The van der Waals surface area contributed by atoms with E-state index < -0.39 is 12.1 Å². The van der Waals surface area contributed by atoms with Crippen molar-refractivity contribution in [2.75, 3.05) is 32.0 Å². The number of fused-ring (bicyclic) bond motifs is 4. The van der Waals surface area contributed by atoms with Crippen molar-refractivity contribution in [1.29, 1.82) is 0 Å². The number of anilines is 2. The second-order valence-electron chi connectivity index (χ2n) is 13.5. The quantitative estimate of drug-likeness (QED) is 0.102. The summed E-state index contributed by atoms with van der Waals surface area (Å²) in [6.45, 7) is 5.45. The molecule has 0 aliphatic heterocycles. The number of methoxy groups -OCH3 is 3. The Bertz CT molecular complexity index is 2180. The van der Waals surface area contributed by atoms with E-state index in [2.05, 4.69) is 33.1 Å². The summed E-state index contributed by atoms with van der Waals surface area (Å²) in [4.78, 5) is 48.5. The molecule has 0 radical (unpaired) electrons. The number of aromatic nitrogens is 2. The van der Waals surface area contributed by atoms with Crippen molar-refractivity contribution in [2.24, 2.45) is 5.92 Å². The number of nitrogens with zero attached hydrogens (tertiary/aromatic N) is 1. The van der Waals surface area contributed by atoms with Crippen molar-refractivity contribution in [2.45, 2.75) is 65.0 Å². The van der Waals surface area contributed by atoms with E-state index in [0.717, 1.165) is 40.8 Å². The number of nitrogens with one attached hydrogen (secondary N) is 4. The van der Waals surface area contributed by atoms with Crippen molar-refractivity contribution >= 4 is 34.2 Å². The molecule has 11 heteroatoms. The van der Waals surface area contributed by atoms with E-state index in [1.807, 2.05) is 62.4 Å². The van der Waals surface area contributed by atoms with Gasteiger partial charge in [-0.05, 0) is 83.8 Å². The van der Waals surface area contributed by atoms with E-state index in [-0.39, 0.29) is 28.8 Å². The number of amides is 2. The average molecular weight is 718 g/mol. The molecule has 0 saturated heterocycles. The maximum Gasteiger partial charge on any atom is 0.247 e. The van der Waals surface area contributed by atoms with Crippen molar-refractivity contribution in [3.63, 3.8) is 0 Å². The number of ether oxygens (including phenoxy) is 3. The maximum absolute atomic E-state index is 14.1. The van der Waals surface area contributed by atoms with Gasteiger partial charge in [-0.25, -0.2) is 4.98 Å². The highest BCUT2D eigenvalue weighted by molar-refractivity contribution is 5.98. The zero-order valence-electron chi connectivity index (χ0n) is 31.1. The third kappa shape index (κ3) is 7.99. The maximum atomic E-state index is 14.1. The minimum absolute atomic E-state index is 0.122. The van der Waals surface area contributed by atoms with Gasteiger partial charge < -0.3 is 35.1 Å². The van der Waals surface area contributed by atoms with Crippen LogP contribution in [0.2, 0.25) is 0 Å². The summed E-state index contributed by atoms with van der Waals surface area (Å²) in [6.07, 6.45) is 3.45. The van der Waals surface area contributed by atoms with Gasteiger partial charge >= 0.3 is 0 Å². The lowest BCUT2D eigenvalue weighted by atomic mass is 9.95. The van der Waals surface area contributed by atoms with Gasteiger partial charge in [0.25, 0.3) is 0 Å². The first-order chi connectivity index (χ1) is 25.6. The average Bonchev–Trinajstić information content (AvgIpc) is 3.43. The third-order valence-electron chi connectivity index (χ3n) is 10.0. The van der Waals surface area contributed by atoms with Crippen LogP contribution in [0.4, 0.5) is 11.4 Å². The Kier molecular flexibility index (Phi) is 11.3. The molecule has 0 saturated carbocycles. The minimum Gasteiger partial charge on any atom is -0.493 e. The predicted molar refractivity (Wildman–Crippen MR) is 208 cm³/mol. The van der Waals surface area contributed by atoms with Crippen LogP contribution in [0.15, 0.2) is 77.6 Å². The number of aromatic amines is 1. The van der Waals surface area contributed by atoms with E-state index in [9.17, 15) is 14.4 Å². The number of H-pyrrole nitrogens is 1. The molecule has 1 aliphatic rings. The Morgan fingerprint density at radius 2 is 1.72 bits per heavy atom. The van der Waals surface area contributed by atoms with E-state index in [1.54, 1.807) is 33.5 Å². The number of rotatable bonds is 13. The first-order valence-electron chi connectivity index (χ1n) is 18.0. The molecular weight excluding hydrogens is 670 g/mol. The number of carbonyl (C=O) groups excluding carboxylic acids is 2. The number of aryl methyl sites for hydroxylation is 3. The highest BCUT2D eigenvalue weighted by Gasteiger charge is 2.30. The molecule has 0 bridgehead atoms. The summed E-state index contributed by atoms with van der Waals surface area (Å²) in [5, 5.41) is 9.40. The molecule has 4 aromatic carbocycles. The van der Waals surface area contributed by atoms with Crippen LogP contribution in [0, 0.1) is 5.92 Å². The van der Waals surface area contributed by atoms with E-state index in [1.165, 1.54) is 12.5 Å². The molecule has 0 spiro atoms. The molecule has 6 rings (SSSR count). The molecule has 4 N–H and O–H groups in total. The predicted octanol–water partition coefficient (Wildman–Crippen LogP) is 6.99. The van der Waals surface area contributed by atoms with E-state index in [4.69, 9.17) is 19.2 Å². The zero-order chi connectivity index (χ0) is 37.6. The Morgan fingerprint density at radius 3 is 2.42 bits per heavy atom. The van der Waals surface area contributed by atoms with Crippen molar-refractivity contribution in [1.82, 2.24) is 15.3 Å². The molecule has 276 valence electrons. The fourth-order valence-corrected chi connectivity index (χ4v) is 7.08. The van der Waals surface area contributed by atoms with Crippen molar-refractivity contribution < 1.29 is 23.8 Å². The van der Waals surface area contributed by atoms with Gasteiger partial charge in [0.15, 0.2) is 11.5 Å². The molecule has 0 unspecified atom stereocenters. The Labute approximate surface area is 309 Å². The van der Waals surface area contributed by atoms with Gasteiger partial charge in [0, 0.05) is 24.6 Å². The van der Waals surface area contributed by atoms with Gasteiger partial charge in [0.1, 0.15) is 11.9 Å². The largest absolute Gasteiger partial charge is 0.493 e. The topological polar surface area (TPSA) is 144 Å². The second-order valence-corrected chi connectivity index (χ2v) is 13.5. The lowest BCUT2D eigenvalue weighted by Gasteiger charge is -2.24. The number of imidazole rings is 1. The molecule has 1 aromatic heterocycles. The summed E-state index contributed by atoms with van der Waals surface area (Å²) in [5.41, 5.74) is 6.49. The van der Waals surface area contributed by atoms with Gasteiger partial charge in [-0.1, -0.05) is 56.7 Å². The summed E-state index contributed by atoms with van der Waals surface area (Å²) in [7, 11) is 4.68. The third-order valence-corrected chi connectivity index (χ3v) is 10.0. The highest BCUT2D eigenvalue weighted by atomic mass is 16.5.